The number of ether oxygens (including phenoxy) is 2. The summed E-state index contributed by atoms with van der Waals surface area (Å²) in [6.45, 7) is 1.35. The summed E-state index contributed by atoms with van der Waals surface area (Å²) in [6, 6.07) is 14.7. The molecule has 7 heteroatoms. The van der Waals surface area contributed by atoms with Crippen LogP contribution in [0.2, 0.25) is 0 Å². The predicted octanol–water partition coefficient (Wildman–Crippen LogP) is 2.28. The summed E-state index contributed by atoms with van der Waals surface area (Å²) in [5.41, 5.74) is 2.65. The Morgan fingerprint density at radius 3 is 2.41 bits per heavy atom. The Balaban J connectivity index is 2.11. The van der Waals surface area contributed by atoms with Gasteiger partial charge in [-0.3, -0.25) is 14.9 Å². The topological polar surface area (TPSA) is 88.7 Å². The number of nitrogens with one attached hydrogen (secondary N) is 3. The van der Waals surface area contributed by atoms with E-state index < -0.39 is 5.91 Å². The Morgan fingerprint density at radius 1 is 1.07 bits per heavy atom. The number of carbonyl (C=O) groups excluding carboxylic acids is 2. The summed E-state index contributed by atoms with van der Waals surface area (Å²) in [5.74, 6) is 0.0635. The average molecular weight is 367 g/mol. The molecule has 1 heterocycles. The third-order valence-corrected chi connectivity index (χ3v) is 4.21. The molecule has 7 nitrogen and oxygen atoms in total. The summed E-state index contributed by atoms with van der Waals surface area (Å²) >= 11 is 0. The lowest BCUT2D eigenvalue weighted by atomic mass is 9.97. The van der Waals surface area contributed by atoms with Gasteiger partial charge < -0.3 is 20.1 Å². The zero-order valence-electron chi connectivity index (χ0n) is 15.3. The predicted molar refractivity (Wildman–Crippen MR) is 101 cm³/mol. The maximum Gasteiger partial charge on any atom is 0.277 e. The summed E-state index contributed by atoms with van der Waals surface area (Å²) in [4.78, 5) is 24.2. The fraction of sp³-hybridized carbons (Fsp3) is 0.200. The van der Waals surface area contributed by atoms with E-state index in [1.165, 1.54) is 14.0 Å². The van der Waals surface area contributed by atoms with Gasteiger partial charge in [0.05, 0.1) is 20.3 Å². The Kier molecular flexibility index (Phi) is 5.30. The number of hydrogen-bond donors (Lipinski definition) is 3. The lowest BCUT2D eigenvalue weighted by molar-refractivity contribution is -0.119. The Morgan fingerprint density at radius 2 is 1.78 bits per heavy atom. The summed E-state index contributed by atoms with van der Waals surface area (Å²) in [7, 11) is 3.00. The first-order chi connectivity index (χ1) is 13.0. The Labute approximate surface area is 157 Å². The number of amides is 2. The highest BCUT2D eigenvalue weighted by Crippen LogP contribution is 2.33. The van der Waals surface area contributed by atoms with Gasteiger partial charge in [0.25, 0.3) is 5.91 Å². The van der Waals surface area contributed by atoms with Crippen LogP contribution in [-0.2, 0) is 14.3 Å². The summed E-state index contributed by atoms with van der Waals surface area (Å²) in [5, 5.41) is 8.64. The molecular formula is C20H21N3O4. The second-order valence-corrected chi connectivity index (χ2v) is 5.98. The van der Waals surface area contributed by atoms with E-state index in [2.05, 4.69) is 16.0 Å². The van der Waals surface area contributed by atoms with E-state index in [4.69, 9.17) is 9.47 Å². The van der Waals surface area contributed by atoms with E-state index in [1.54, 1.807) is 7.11 Å². The van der Waals surface area contributed by atoms with Crippen molar-refractivity contribution in [1.29, 1.82) is 0 Å². The van der Waals surface area contributed by atoms with Gasteiger partial charge in [0.15, 0.2) is 5.70 Å². The second-order valence-electron chi connectivity index (χ2n) is 5.98. The van der Waals surface area contributed by atoms with Crippen LogP contribution < -0.4 is 20.7 Å². The molecule has 2 amide bonds. The molecule has 0 aliphatic carbocycles. The highest BCUT2D eigenvalue weighted by atomic mass is 16.5. The van der Waals surface area contributed by atoms with Gasteiger partial charge in [-0.15, -0.1) is 0 Å². The van der Waals surface area contributed by atoms with Crippen LogP contribution in [0.4, 0.5) is 5.69 Å². The maximum atomic E-state index is 12.8. The van der Waals surface area contributed by atoms with Crippen molar-refractivity contribution in [3.05, 3.63) is 71.2 Å². The van der Waals surface area contributed by atoms with Crippen LogP contribution >= 0.6 is 0 Å². The van der Waals surface area contributed by atoms with Crippen molar-refractivity contribution in [2.75, 3.05) is 19.5 Å². The zero-order valence-corrected chi connectivity index (χ0v) is 15.3. The van der Waals surface area contributed by atoms with Gasteiger partial charge in [-0.25, -0.2) is 0 Å². The van der Waals surface area contributed by atoms with Crippen molar-refractivity contribution in [2.24, 2.45) is 0 Å². The smallest absolute Gasteiger partial charge is 0.277 e. The van der Waals surface area contributed by atoms with Gasteiger partial charge in [0.1, 0.15) is 5.75 Å². The molecule has 2 aromatic carbocycles. The monoisotopic (exact) mass is 367 g/mol. The maximum absolute atomic E-state index is 12.8. The Hall–Kier alpha value is -3.48. The molecule has 0 radical (unpaired) electrons. The van der Waals surface area contributed by atoms with Gasteiger partial charge in [0.2, 0.25) is 11.8 Å². The molecule has 0 spiro atoms. The van der Waals surface area contributed by atoms with Gasteiger partial charge in [-0.2, -0.15) is 0 Å². The molecule has 3 N–H and O–H groups in total. The zero-order chi connectivity index (χ0) is 19.4. The highest BCUT2D eigenvalue weighted by molar-refractivity contribution is 6.05. The van der Waals surface area contributed by atoms with E-state index in [0.29, 0.717) is 5.69 Å². The van der Waals surface area contributed by atoms with Gasteiger partial charge in [0, 0.05) is 18.2 Å². The molecule has 0 bridgehead atoms. The number of benzene rings is 2. The molecule has 0 unspecified atom stereocenters. The van der Waals surface area contributed by atoms with Crippen LogP contribution in [-0.4, -0.2) is 26.0 Å². The molecule has 0 aromatic heterocycles. The molecule has 1 aliphatic rings. The third kappa shape index (κ3) is 3.87. The summed E-state index contributed by atoms with van der Waals surface area (Å²) in [6.07, 6.45) is 0. The van der Waals surface area contributed by atoms with E-state index in [-0.39, 0.29) is 23.5 Å². The van der Waals surface area contributed by atoms with E-state index >= 15 is 0 Å². The third-order valence-electron chi connectivity index (χ3n) is 4.21. The number of methoxy groups -OCH3 is 2. The largest absolute Gasteiger partial charge is 0.497 e. The van der Waals surface area contributed by atoms with Crippen LogP contribution in [0, 0.1) is 0 Å². The van der Waals surface area contributed by atoms with Crippen LogP contribution in [0.5, 0.6) is 5.75 Å². The van der Waals surface area contributed by atoms with Crippen molar-refractivity contribution in [2.45, 2.75) is 13.0 Å². The van der Waals surface area contributed by atoms with Gasteiger partial charge in [-0.1, -0.05) is 30.3 Å². The first-order valence-corrected chi connectivity index (χ1v) is 8.40. The molecular weight excluding hydrogens is 346 g/mol. The van der Waals surface area contributed by atoms with E-state index in [1.807, 2.05) is 48.5 Å². The standard InChI is InChI=1S/C20H21N3O4/c1-12(24)21-20(27-3)18-19(25)22-16-7-5-4-6-15(16)17(23-18)13-8-10-14(26-2)11-9-13/h4-11,17,23H,1-3H3,(H,21,24)(H,22,25)/b20-18-/t17-/m0/s1. The van der Waals surface area contributed by atoms with Crippen molar-refractivity contribution in [3.63, 3.8) is 0 Å². The fourth-order valence-corrected chi connectivity index (χ4v) is 2.94. The van der Waals surface area contributed by atoms with Crippen LogP contribution in [0.15, 0.2) is 60.1 Å². The van der Waals surface area contributed by atoms with Crippen molar-refractivity contribution >= 4 is 17.5 Å². The van der Waals surface area contributed by atoms with Crippen molar-refractivity contribution < 1.29 is 19.1 Å². The number of anilines is 1. The van der Waals surface area contributed by atoms with Crippen molar-refractivity contribution in [3.8, 4) is 5.75 Å². The van der Waals surface area contributed by atoms with Crippen LogP contribution in [0.1, 0.15) is 24.1 Å². The minimum atomic E-state index is -0.399. The van der Waals surface area contributed by atoms with E-state index in [9.17, 15) is 9.59 Å². The molecule has 27 heavy (non-hydrogen) atoms. The highest BCUT2D eigenvalue weighted by Gasteiger charge is 2.29. The lowest BCUT2D eigenvalue weighted by Crippen LogP contribution is -2.33. The number of carbonyl (C=O) groups is 2. The minimum Gasteiger partial charge on any atom is -0.497 e. The van der Waals surface area contributed by atoms with Crippen molar-refractivity contribution in [1.82, 2.24) is 10.6 Å². The first-order valence-electron chi connectivity index (χ1n) is 8.40. The SMILES string of the molecule is CO/C(NC(C)=O)=C1\N[C@@H](c2ccc(OC)cc2)c2ccccc2NC1=O. The molecule has 140 valence electrons. The molecule has 0 saturated heterocycles. The molecule has 1 atom stereocenters. The number of rotatable bonds is 4. The normalized spacial score (nSPS) is 17.6. The van der Waals surface area contributed by atoms with Gasteiger partial charge in [-0.05, 0) is 23.8 Å². The first kappa shape index (κ1) is 18.3. The quantitative estimate of drug-likeness (QED) is 0.570. The molecule has 0 saturated carbocycles. The number of hydrogen-bond acceptors (Lipinski definition) is 5. The second kappa shape index (κ2) is 7.82. The molecule has 2 aromatic rings. The minimum absolute atomic E-state index is 0.0614. The number of fused-ring (bicyclic) bond motifs is 1. The fourth-order valence-electron chi connectivity index (χ4n) is 2.94. The van der Waals surface area contributed by atoms with Gasteiger partial charge >= 0.3 is 0 Å². The number of para-hydroxylation sites is 1. The lowest BCUT2D eigenvalue weighted by Gasteiger charge is -2.21. The molecule has 0 fully saturated rings. The van der Waals surface area contributed by atoms with E-state index in [0.717, 1.165) is 16.9 Å². The Bertz CT molecular complexity index is 890. The summed E-state index contributed by atoms with van der Waals surface area (Å²) < 4.78 is 10.5. The molecule has 1 aliphatic heterocycles. The average Bonchev–Trinajstić information content (AvgIpc) is 2.82. The van der Waals surface area contributed by atoms with Crippen LogP contribution in [0.3, 0.4) is 0 Å². The van der Waals surface area contributed by atoms with Crippen LogP contribution in [0.25, 0.3) is 0 Å². The molecule has 3 rings (SSSR count).